The molecule has 3 N–H and O–H groups in total. The molecule has 200 valence electrons. The lowest BCUT2D eigenvalue weighted by molar-refractivity contribution is -0.0212. The number of morpholine rings is 1. The smallest absolute Gasteiger partial charge is 0.275 e. The number of thiazole rings is 1. The number of hydrogen-bond acceptors (Lipinski definition) is 10. The Bertz CT molecular complexity index is 1580. The van der Waals surface area contributed by atoms with Crippen LogP contribution in [0.5, 0.6) is 5.88 Å². The van der Waals surface area contributed by atoms with Crippen LogP contribution in [0.4, 0.5) is 11.4 Å². The minimum absolute atomic E-state index is 0.140. The van der Waals surface area contributed by atoms with E-state index >= 15 is 0 Å². The molecule has 4 aromatic rings. The van der Waals surface area contributed by atoms with Crippen LogP contribution >= 0.6 is 11.3 Å². The van der Waals surface area contributed by atoms with Gasteiger partial charge in [0.2, 0.25) is 15.9 Å². The van der Waals surface area contributed by atoms with Gasteiger partial charge in [0.05, 0.1) is 50.0 Å². The number of carbonyl (C=O) groups is 1. The maximum atomic E-state index is 13.1. The van der Waals surface area contributed by atoms with E-state index < -0.39 is 10.0 Å². The van der Waals surface area contributed by atoms with Crippen molar-refractivity contribution in [1.82, 2.24) is 25.1 Å². The fourth-order valence-electron chi connectivity index (χ4n) is 4.27. The van der Waals surface area contributed by atoms with Crippen LogP contribution in [0.3, 0.4) is 0 Å². The minimum Gasteiger partial charge on any atom is -0.480 e. The Hall–Kier alpha value is -3.59. The molecule has 1 aliphatic heterocycles. The topological polar surface area (TPSA) is 151 Å². The summed E-state index contributed by atoms with van der Waals surface area (Å²) in [6, 6.07) is 5.25. The van der Waals surface area contributed by atoms with Crippen molar-refractivity contribution in [3.63, 3.8) is 0 Å². The standard InChI is InChI=1S/C24H27N7O5S2/c1-14-11-31(4-5-36-14)12-22-27-21(13-37-22)23(32)28-18-6-15(7-19-17(18)10-26-29-19)16-8-20(30-38(3,33)34)24(35-2)25-9-16/h6-10,13-14,30H,4-5,11-12H2,1-3H3,(H,26,29)(H,28,32). The van der Waals surface area contributed by atoms with Crippen LogP contribution < -0.4 is 14.8 Å². The largest absolute Gasteiger partial charge is 0.480 e. The highest BCUT2D eigenvalue weighted by atomic mass is 32.2. The monoisotopic (exact) mass is 557 g/mol. The molecular formula is C24H27N7O5S2. The zero-order chi connectivity index (χ0) is 26.9. The third-order valence-electron chi connectivity index (χ3n) is 5.95. The first kappa shape index (κ1) is 26.0. The third-order valence-corrected chi connectivity index (χ3v) is 7.37. The average molecular weight is 558 g/mol. The molecule has 4 heterocycles. The number of rotatable bonds is 8. The molecule has 1 fully saturated rings. The fourth-order valence-corrected chi connectivity index (χ4v) is 5.63. The molecule has 0 aliphatic carbocycles. The van der Waals surface area contributed by atoms with Crippen LogP contribution in [0.2, 0.25) is 0 Å². The fraction of sp³-hybridized carbons (Fsp3) is 0.333. The van der Waals surface area contributed by atoms with Crippen molar-refractivity contribution in [2.24, 2.45) is 0 Å². The van der Waals surface area contributed by atoms with E-state index in [1.807, 2.05) is 13.0 Å². The van der Waals surface area contributed by atoms with Gasteiger partial charge in [-0.15, -0.1) is 11.3 Å². The molecule has 38 heavy (non-hydrogen) atoms. The van der Waals surface area contributed by atoms with E-state index in [-0.39, 0.29) is 23.6 Å². The van der Waals surface area contributed by atoms with Gasteiger partial charge in [0.1, 0.15) is 16.4 Å². The molecule has 12 nitrogen and oxygen atoms in total. The predicted molar refractivity (Wildman–Crippen MR) is 145 cm³/mol. The highest BCUT2D eigenvalue weighted by Crippen LogP contribution is 2.33. The van der Waals surface area contributed by atoms with Crippen molar-refractivity contribution in [2.75, 3.05) is 43.1 Å². The van der Waals surface area contributed by atoms with Crippen molar-refractivity contribution in [2.45, 2.75) is 19.6 Å². The first-order valence-electron chi connectivity index (χ1n) is 11.8. The number of anilines is 2. The molecule has 0 bridgehead atoms. The number of aromatic nitrogens is 4. The molecule has 1 saturated heterocycles. The average Bonchev–Trinajstić information content (AvgIpc) is 3.53. The Labute approximate surface area is 223 Å². The summed E-state index contributed by atoms with van der Waals surface area (Å²) >= 11 is 1.45. The molecular weight excluding hydrogens is 530 g/mol. The predicted octanol–water partition coefficient (Wildman–Crippen LogP) is 2.93. The lowest BCUT2D eigenvalue weighted by Gasteiger charge is -2.30. The van der Waals surface area contributed by atoms with E-state index in [9.17, 15) is 13.2 Å². The number of methoxy groups -OCH3 is 1. The van der Waals surface area contributed by atoms with Gasteiger partial charge in [-0.2, -0.15) is 5.10 Å². The second kappa shape index (κ2) is 10.6. The number of sulfonamides is 1. The third kappa shape index (κ3) is 5.93. The summed E-state index contributed by atoms with van der Waals surface area (Å²) in [7, 11) is -2.15. The Balaban J connectivity index is 1.40. The van der Waals surface area contributed by atoms with E-state index in [2.05, 4.69) is 35.1 Å². The quantitative estimate of drug-likeness (QED) is 0.297. The van der Waals surface area contributed by atoms with Gasteiger partial charge < -0.3 is 14.8 Å². The van der Waals surface area contributed by atoms with E-state index in [0.29, 0.717) is 41.2 Å². The summed E-state index contributed by atoms with van der Waals surface area (Å²) in [4.78, 5) is 24.2. The maximum Gasteiger partial charge on any atom is 0.275 e. The van der Waals surface area contributed by atoms with Crippen LogP contribution in [0, 0.1) is 0 Å². The summed E-state index contributed by atoms with van der Waals surface area (Å²) in [5, 5.41) is 13.3. The van der Waals surface area contributed by atoms with E-state index in [0.717, 1.165) is 29.7 Å². The van der Waals surface area contributed by atoms with Gasteiger partial charge in [-0.25, -0.2) is 18.4 Å². The number of fused-ring (bicyclic) bond motifs is 1. The molecule has 0 spiro atoms. The van der Waals surface area contributed by atoms with Gasteiger partial charge in [-0.1, -0.05) is 0 Å². The van der Waals surface area contributed by atoms with Crippen molar-refractivity contribution in [1.29, 1.82) is 0 Å². The number of H-pyrrole nitrogens is 1. The van der Waals surface area contributed by atoms with E-state index in [4.69, 9.17) is 9.47 Å². The number of hydrogen-bond donors (Lipinski definition) is 3. The molecule has 1 aromatic carbocycles. The highest BCUT2D eigenvalue weighted by Gasteiger charge is 2.20. The lowest BCUT2D eigenvalue weighted by atomic mass is 10.0. The van der Waals surface area contributed by atoms with Gasteiger partial charge in [0.15, 0.2) is 0 Å². The molecule has 3 aromatic heterocycles. The van der Waals surface area contributed by atoms with E-state index in [1.165, 1.54) is 18.4 Å². The van der Waals surface area contributed by atoms with E-state index in [1.54, 1.807) is 29.9 Å². The molecule has 14 heteroatoms. The number of nitrogens with one attached hydrogen (secondary N) is 3. The maximum absolute atomic E-state index is 13.1. The molecule has 0 saturated carbocycles. The number of aromatic amines is 1. The van der Waals surface area contributed by atoms with Crippen LogP contribution in [0.25, 0.3) is 22.0 Å². The van der Waals surface area contributed by atoms with Crippen LogP contribution in [0.15, 0.2) is 36.0 Å². The molecule has 1 unspecified atom stereocenters. The van der Waals surface area contributed by atoms with Crippen molar-refractivity contribution >= 4 is 49.5 Å². The molecule has 1 amide bonds. The Morgan fingerprint density at radius 1 is 1.26 bits per heavy atom. The second-order valence-electron chi connectivity index (χ2n) is 9.01. The van der Waals surface area contributed by atoms with Crippen molar-refractivity contribution in [3.8, 4) is 17.0 Å². The summed E-state index contributed by atoms with van der Waals surface area (Å²) in [5.74, 6) is -0.198. The molecule has 1 atom stereocenters. The first-order chi connectivity index (χ1) is 18.2. The highest BCUT2D eigenvalue weighted by molar-refractivity contribution is 7.92. The van der Waals surface area contributed by atoms with Gasteiger partial charge in [-0.3, -0.25) is 19.5 Å². The molecule has 5 rings (SSSR count). The SMILES string of the molecule is COc1ncc(-c2cc(NC(=O)c3csc(CN4CCOC(C)C4)n3)c3cn[nH]c3c2)cc1NS(C)(=O)=O. The van der Waals surface area contributed by atoms with Crippen molar-refractivity contribution in [3.05, 3.63) is 46.7 Å². The van der Waals surface area contributed by atoms with Gasteiger partial charge in [-0.05, 0) is 30.7 Å². The summed E-state index contributed by atoms with van der Waals surface area (Å²) in [6.07, 6.45) is 4.42. The summed E-state index contributed by atoms with van der Waals surface area (Å²) in [6.45, 7) is 5.06. The Morgan fingerprint density at radius 3 is 2.84 bits per heavy atom. The normalized spacial score (nSPS) is 16.4. The molecule has 0 radical (unpaired) electrons. The number of pyridine rings is 1. The van der Waals surface area contributed by atoms with Gasteiger partial charge in [0, 0.05) is 35.6 Å². The second-order valence-corrected chi connectivity index (χ2v) is 11.7. The zero-order valence-corrected chi connectivity index (χ0v) is 22.6. The number of benzene rings is 1. The first-order valence-corrected chi connectivity index (χ1v) is 14.5. The number of ether oxygens (including phenoxy) is 2. The van der Waals surface area contributed by atoms with Crippen LogP contribution in [-0.4, -0.2) is 78.6 Å². The van der Waals surface area contributed by atoms with Crippen molar-refractivity contribution < 1.29 is 22.7 Å². The molecule has 1 aliphatic rings. The number of nitrogens with zero attached hydrogens (tertiary/aromatic N) is 4. The Kier molecular flexibility index (Phi) is 7.29. The van der Waals surface area contributed by atoms with Gasteiger partial charge in [0.25, 0.3) is 5.91 Å². The van der Waals surface area contributed by atoms with Gasteiger partial charge >= 0.3 is 0 Å². The zero-order valence-electron chi connectivity index (χ0n) is 21.0. The number of carbonyl (C=O) groups excluding carboxylic acids is 1. The Morgan fingerprint density at radius 2 is 2.08 bits per heavy atom. The minimum atomic E-state index is -3.56. The lowest BCUT2D eigenvalue weighted by Crippen LogP contribution is -2.40. The van der Waals surface area contributed by atoms with Crippen LogP contribution in [0.1, 0.15) is 22.4 Å². The van der Waals surface area contributed by atoms with Crippen LogP contribution in [-0.2, 0) is 21.3 Å². The summed E-state index contributed by atoms with van der Waals surface area (Å²) in [5.41, 5.74) is 3.04. The summed E-state index contributed by atoms with van der Waals surface area (Å²) < 4.78 is 36.9. The number of amides is 1.